The van der Waals surface area contributed by atoms with Crippen LogP contribution in [0, 0.1) is 0 Å². The molecule has 1 unspecified atom stereocenters. The fourth-order valence-corrected chi connectivity index (χ4v) is 1.04. The zero-order valence-corrected chi connectivity index (χ0v) is 7.43. The summed E-state index contributed by atoms with van der Waals surface area (Å²) in [6, 6.07) is 0. The molecule has 1 aliphatic rings. The molecule has 0 aliphatic carbocycles. The van der Waals surface area contributed by atoms with Crippen molar-refractivity contribution in [2.45, 2.75) is 38.9 Å². The summed E-state index contributed by atoms with van der Waals surface area (Å²) in [7, 11) is 0. The van der Waals surface area contributed by atoms with Gasteiger partial charge in [-0.3, -0.25) is 0 Å². The van der Waals surface area contributed by atoms with Crippen LogP contribution in [0.4, 0.5) is 0 Å². The molecule has 1 rings (SSSR count). The van der Waals surface area contributed by atoms with Gasteiger partial charge >= 0.3 is 5.97 Å². The normalized spacial score (nSPS) is 33.1. The molecule has 0 amide bonds. The van der Waals surface area contributed by atoms with E-state index >= 15 is 0 Å². The first-order valence-electron chi connectivity index (χ1n) is 3.81. The summed E-state index contributed by atoms with van der Waals surface area (Å²) in [5.41, 5.74) is -1.05. The van der Waals surface area contributed by atoms with E-state index in [1.807, 2.05) is 13.8 Å². The van der Waals surface area contributed by atoms with Gasteiger partial charge in [0.1, 0.15) is 5.60 Å². The molecule has 3 heteroatoms. The quantitative estimate of drug-likeness (QED) is 0.446. The predicted molar refractivity (Wildman–Crippen MR) is 40.2 cm³/mol. The van der Waals surface area contributed by atoms with Crippen molar-refractivity contribution in [2.24, 2.45) is 0 Å². The van der Waals surface area contributed by atoms with Gasteiger partial charge in [0.15, 0.2) is 5.60 Å². The molecule has 1 saturated heterocycles. The molecule has 0 aromatic carbocycles. The van der Waals surface area contributed by atoms with Gasteiger partial charge in [0.05, 0.1) is 6.61 Å². The second-order valence-electron chi connectivity index (χ2n) is 3.37. The van der Waals surface area contributed by atoms with Gasteiger partial charge in [0.25, 0.3) is 0 Å². The van der Waals surface area contributed by atoms with Gasteiger partial charge in [-0.2, -0.15) is 0 Å². The van der Waals surface area contributed by atoms with Crippen molar-refractivity contribution in [1.82, 2.24) is 0 Å². The van der Waals surface area contributed by atoms with Crippen molar-refractivity contribution in [2.75, 3.05) is 6.61 Å². The van der Waals surface area contributed by atoms with Crippen molar-refractivity contribution in [3.05, 3.63) is 0 Å². The smallest absolute Gasteiger partial charge is 0.341 e. The van der Waals surface area contributed by atoms with Crippen molar-refractivity contribution in [1.29, 1.82) is 0 Å². The lowest BCUT2D eigenvalue weighted by atomic mass is 9.99. The Morgan fingerprint density at radius 1 is 1.45 bits per heavy atom. The number of hydrogen-bond donors (Lipinski definition) is 0. The minimum Gasteiger partial charge on any atom is -0.464 e. The predicted octanol–water partition coefficient (Wildman–Crippen LogP) is 1.12. The number of rotatable bonds is 2. The van der Waals surface area contributed by atoms with E-state index in [4.69, 9.17) is 9.47 Å². The highest BCUT2D eigenvalue weighted by atomic mass is 16.7. The Labute approximate surface area is 66.7 Å². The average Bonchev–Trinajstić information content (AvgIpc) is 2.35. The molecule has 0 N–H and O–H groups in total. The van der Waals surface area contributed by atoms with Crippen LogP contribution in [0.3, 0.4) is 0 Å². The number of carbonyl (C=O) groups is 1. The van der Waals surface area contributed by atoms with Crippen molar-refractivity contribution in [3.63, 3.8) is 0 Å². The Hall–Kier alpha value is -0.570. The molecule has 1 atom stereocenters. The fourth-order valence-electron chi connectivity index (χ4n) is 1.04. The summed E-state index contributed by atoms with van der Waals surface area (Å²) in [4.78, 5) is 11.2. The fraction of sp³-hybridized carbons (Fsp3) is 0.875. The average molecular weight is 158 g/mol. The van der Waals surface area contributed by atoms with Crippen LogP contribution < -0.4 is 0 Å². The SMILES string of the molecule is CCOC(=O)C1(C)OC1(C)C. The number of ether oxygens (including phenoxy) is 2. The summed E-state index contributed by atoms with van der Waals surface area (Å²) in [5, 5.41) is 0. The van der Waals surface area contributed by atoms with Crippen LogP contribution in [0.15, 0.2) is 0 Å². The molecule has 0 radical (unpaired) electrons. The Bertz CT molecular complexity index is 186. The molecule has 0 spiro atoms. The Morgan fingerprint density at radius 2 is 1.91 bits per heavy atom. The highest BCUT2D eigenvalue weighted by molar-refractivity contribution is 5.84. The van der Waals surface area contributed by atoms with Gasteiger partial charge in [-0.05, 0) is 27.7 Å². The lowest BCUT2D eigenvalue weighted by molar-refractivity contribution is -0.148. The van der Waals surface area contributed by atoms with Gasteiger partial charge in [-0.15, -0.1) is 0 Å². The van der Waals surface area contributed by atoms with E-state index in [0.717, 1.165) is 0 Å². The van der Waals surface area contributed by atoms with E-state index in [1.54, 1.807) is 13.8 Å². The summed E-state index contributed by atoms with van der Waals surface area (Å²) >= 11 is 0. The maximum atomic E-state index is 11.2. The van der Waals surface area contributed by atoms with Gasteiger partial charge in [0, 0.05) is 0 Å². The molecule has 11 heavy (non-hydrogen) atoms. The lowest BCUT2D eigenvalue weighted by Gasteiger charge is -2.06. The minimum atomic E-state index is -0.705. The first-order valence-corrected chi connectivity index (χ1v) is 3.81. The molecule has 3 nitrogen and oxygen atoms in total. The largest absolute Gasteiger partial charge is 0.464 e. The van der Waals surface area contributed by atoms with Crippen LogP contribution in [0.5, 0.6) is 0 Å². The van der Waals surface area contributed by atoms with E-state index in [-0.39, 0.29) is 11.6 Å². The number of esters is 1. The van der Waals surface area contributed by atoms with E-state index in [1.165, 1.54) is 0 Å². The summed E-state index contributed by atoms with van der Waals surface area (Å²) in [6.45, 7) is 7.71. The molecular formula is C8H14O3. The van der Waals surface area contributed by atoms with Crippen molar-refractivity contribution >= 4 is 5.97 Å². The molecular weight excluding hydrogens is 144 g/mol. The first-order chi connectivity index (χ1) is 4.94. The third-order valence-corrected chi connectivity index (χ3v) is 2.23. The maximum absolute atomic E-state index is 11.2. The molecule has 0 aromatic heterocycles. The van der Waals surface area contributed by atoms with Gasteiger partial charge in [-0.1, -0.05) is 0 Å². The van der Waals surface area contributed by atoms with Crippen molar-refractivity contribution < 1.29 is 14.3 Å². The third kappa shape index (κ3) is 1.13. The zero-order chi connectivity index (χ0) is 8.70. The molecule has 0 aromatic rings. The van der Waals surface area contributed by atoms with E-state index in [9.17, 15) is 4.79 Å². The van der Waals surface area contributed by atoms with Crippen molar-refractivity contribution in [3.8, 4) is 0 Å². The first kappa shape index (κ1) is 8.53. The van der Waals surface area contributed by atoms with Crippen LogP contribution >= 0.6 is 0 Å². The monoisotopic (exact) mass is 158 g/mol. The highest BCUT2D eigenvalue weighted by Gasteiger charge is 2.66. The minimum absolute atomic E-state index is 0.259. The van der Waals surface area contributed by atoms with E-state index in [2.05, 4.69) is 0 Å². The number of epoxide rings is 1. The van der Waals surface area contributed by atoms with Crippen LogP contribution in [0.2, 0.25) is 0 Å². The van der Waals surface area contributed by atoms with Crippen LogP contribution in [-0.2, 0) is 14.3 Å². The van der Waals surface area contributed by atoms with Gasteiger partial charge in [-0.25, -0.2) is 4.79 Å². The summed E-state index contributed by atoms with van der Waals surface area (Å²) in [5.74, 6) is -0.259. The second-order valence-corrected chi connectivity index (χ2v) is 3.37. The van der Waals surface area contributed by atoms with E-state index < -0.39 is 5.60 Å². The summed E-state index contributed by atoms with van der Waals surface area (Å²) in [6.07, 6.45) is 0. The number of hydrogen-bond acceptors (Lipinski definition) is 3. The standard InChI is InChI=1S/C8H14O3/c1-5-10-6(9)8(4)7(2,3)11-8/h5H2,1-4H3. The number of carbonyl (C=O) groups excluding carboxylic acids is 1. The van der Waals surface area contributed by atoms with Gasteiger partial charge in [0.2, 0.25) is 0 Å². The van der Waals surface area contributed by atoms with Crippen LogP contribution in [0.25, 0.3) is 0 Å². The topological polar surface area (TPSA) is 38.8 Å². The third-order valence-electron chi connectivity index (χ3n) is 2.23. The Kier molecular flexibility index (Phi) is 1.71. The maximum Gasteiger partial charge on any atom is 0.341 e. The van der Waals surface area contributed by atoms with Gasteiger partial charge < -0.3 is 9.47 Å². The Balaban J connectivity index is 2.57. The molecule has 1 fully saturated rings. The highest BCUT2D eigenvalue weighted by Crippen LogP contribution is 2.47. The molecule has 0 bridgehead atoms. The molecule has 1 heterocycles. The van der Waals surface area contributed by atoms with Crippen LogP contribution in [-0.4, -0.2) is 23.8 Å². The zero-order valence-electron chi connectivity index (χ0n) is 7.43. The molecule has 64 valence electrons. The summed E-state index contributed by atoms with van der Waals surface area (Å²) < 4.78 is 10.1. The van der Waals surface area contributed by atoms with E-state index in [0.29, 0.717) is 6.61 Å². The molecule has 1 aliphatic heterocycles. The van der Waals surface area contributed by atoms with Crippen LogP contribution in [0.1, 0.15) is 27.7 Å². The Morgan fingerprint density at radius 3 is 2.18 bits per heavy atom. The molecule has 0 saturated carbocycles. The lowest BCUT2D eigenvalue weighted by Crippen LogP contribution is -2.29. The second kappa shape index (κ2) is 2.21.